The van der Waals surface area contributed by atoms with Crippen LogP contribution in [0.4, 0.5) is 4.79 Å². The molecule has 1 N–H and O–H groups in total. The van der Waals surface area contributed by atoms with Gasteiger partial charge < -0.3 is 10.1 Å². The molecule has 1 fully saturated rings. The number of hydrogen-bond acceptors (Lipinski definition) is 3. The van der Waals surface area contributed by atoms with Crippen LogP contribution >= 0.6 is 0 Å². The SMILES string of the molecule is O=C1Oc2ccccc2CN1C1CCCNC1. The number of nitrogens with zero attached hydrogens (tertiary/aromatic N) is 1. The van der Waals surface area contributed by atoms with E-state index in [2.05, 4.69) is 5.32 Å². The summed E-state index contributed by atoms with van der Waals surface area (Å²) in [6, 6.07) is 8.01. The van der Waals surface area contributed by atoms with Crippen molar-refractivity contribution >= 4 is 6.09 Å². The lowest BCUT2D eigenvalue weighted by Gasteiger charge is -2.36. The van der Waals surface area contributed by atoms with Gasteiger partial charge in [0.2, 0.25) is 0 Å². The van der Waals surface area contributed by atoms with Crippen LogP contribution in [0.15, 0.2) is 24.3 Å². The molecule has 2 heterocycles. The first-order chi connectivity index (χ1) is 8.34. The van der Waals surface area contributed by atoms with Gasteiger partial charge in [-0.05, 0) is 25.5 Å². The summed E-state index contributed by atoms with van der Waals surface area (Å²) in [4.78, 5) is 13.8. The van der Waals surface area contributed by atoms with Crippen molar-refractivity contribution in [3.05, 3.63) is 29.8 Å². The molecule has 0 bridgehead atoms. The number of carbonyl (C=O) groups is 1. The normalized spacial score (nSPS) is 24.1. The molecule has 0 saturated carbocycles. The Bertz CT molecular complexity index is 427. The van der Waals surface area contributed by atoms with Gasteiger partial charge in [0.1, 0.15) is 5.75 Å². The molecular weight excluding hydrogens is 216 g/mol. The fourth-order valence-corrected chi connectivity index (χ4v) is 2.51. The zero-order valence-electron chi connectivity index (χ0n) is 9.69. The third-order valence-corrected chi connectivity index (χ3v) is 3.46. The standard InChI is InChI=1S/C13H16N2O2/c16-13-15(11-5-3-7-14-8-11)9-10-4-1-2-6-12(10)17-13/h1-2,4,6,11,14H,3,5,7-9H2. The second-order valence-electron chi connectivity index (χ2n) is 4.60. The number of rotatable bonds is 1. The van der Waals surface area contributed by atoms with Crippen LogP contribution in [0.3, 0.4) is 0 Å². The van der Waals surface area contributed by atoms with Gasteiger partial charge in [0.25, 0.3) is 0 Å². The summed E-state index contributed by atoms with van der Waals surface area (Å²) in [6.07, 6.45) is 1.97. The van der Waals surface area contributed by atoms with Crippen molar-refractivity contribution < 1.29 is 9.53 Å². The van der Waals surface area contributed by atoms with Gasteiger partial charge in [0.15, 0.2) is 0 Å². The Balaban J connectivity index is 1.81. The monoisotopic (exact) mass is 232 g/mol. The molecule has 17 heavy (non-hydrogen) atoms. The molecule has 1 atom stereocenters. The summed E-state index contributed by atoms with van der Waals surface area (Å²) in [5, 5.41) is 3.33. The summed E-state index contributed by atoms with van der Waals surface area (Å²) >= 11 is 0. The van der Waals surface area contributed by atoms with Gasteiger partial charge >= 0.3 is 6.09 Å². The number of para-hydroxylation sites is 1. The molecule has 4 nitrogen and oxygen atoms in total. The lowest BCUT2D eigenvalue weighted by molar-refractivity contribution is 0.106. The molecule has 1 aromatic carbocycles. The molecule has 4 heteroatoms. The maximum Gasteiger partial charge on any atom is 0.415 e. The van der Waals surface area contributed by atoms with E-state index in [-0.39, 0.29) is 12.1 Å². The van der Waals surface area contributed by atoms with Gasteiger partial charge in [0, 0.05) is 18.2 Å². The minimum atomic E-state index is -0.211. The zero-order chi connectivity index (χ0) is 11.7. The molecular formula is C13H16N2O2. The lowest BCUT2D eigenvalue weighted by Crippen LogP contribution is -2.50. The molecule has 0 radical (unpaired) electrons. The van der Waals surface area contributed by atoms with Gasteiger partial charge in [-0.15, -0.1) is 0 Å². The van der Waals surface area contributed by atoms with Crippen LogP contribution in [0.1, 0.15) is 18.4 Å². The minimum absolute atomic E-state index is 0.211. The highest BCUT2D eigenvalue weighted by Gasteiger charge is 2.31. The predicted octanol–water partition coefficient (Wildman–Crippen LogP) is 1.75. The first-order valence-corrected chi connectivity index (χ1v) is 6.11. The van der Waals surface area contributed by atoms with Gasteiger partial charge in [-0.25, -0.2) is 4.79 Å². The molecule has 1 aromatic rings. The highest BCUT2D eigenvalue weighted by Crippen LogP contribution is 2.27. The van der Waals surface area contributed by atoms with Crippen molar-refractivity contribution in [2.24, 2.45) is 0 Å². The number of amides is 1. The largest absolute Gasteiger partial charge is 0.415 e. The van der Waals surface area contributed by atoms with Gasteiger partial charge in [0.05, 0.1) is 6.54 Å². The van der Waals surface area contributed by atoms with Crippen molar-refractivity contribution in [3.63, 3.8) is 0 Å². The van der Waals surface area contributed by atoms with Crippen molar-refractivity contribution in [2.45, 2.75) is 25.4 Å². The number of benzene rings is 1. The smallest absolute Gasteiger partial charge is 0.410 e. The fraction of sp³-hybridized carbons (Fsp3) is 0.462. The average Bonchev–Trinajstić information content (AvgIpc) is 2.39. The third kappa shape index (κ3) is 2.00. The topological polar surface area (TPSA) is 41.6 Å². The summed E-state index contributed by atoms with van der Waals surface area (Å²) in [5.74, 6) is 0.706. The third-order valence-electron chi connectivity index (χ3n) is 3.46. The van der Waals surface area contributed by atoms with Gasteiger partial charge in [-0.1, -0.05) is 18.2 Å². The zero-order valence-corrected chi connectivity index (χ0v) is 9.69. The Morgan fingerprint density at radius 3 is 3.06 bits per heavy atom. The van der Waals surface area contributed by atoms with E-state index in [9.17, 15) is 4.79 Å². The van der Waals surface area contributed by atoms with Crippen LogP contribution < -0.4 is 10.1 Å². The van der Waals surface area contributed by atoms with Crippen molar-refractivity contribution in [1.82, 2.24) is 10.2 Å². The molecule has 1 saturated heterocycles. The maximum atomic E-state index is 11.9. The number of hydrogen-bond donors (Lipinski definition) is 1. The summed E-state index contributed by atoms with van der Waals surface area (Å²) in [5.41, 5.74) is 1.10. The fourth-order valence-electron chi connectivity index (χ4n) is 2.51. The van der Waals surface area contributed by atoms with E-state index in [1.165, 1.54) is 0 Å². The maximum absolute atomic E-state index is 11.9. The number of fused-ring (bicyclic) bond motifs is 1. The Labute approximate surface area is 101 Å². The average molecular weight is 232 g/mol. The summed E-state index contributed by atoms with van der Waals surface area (Å²) < 4.78 is 5.36. The molecule has 2 aliphatic heterocycles. The predicted molar refractivity (Wildman–Crippen MR) is 63.9 cm³/mol. The second-order valence-corrected chi connectivity index (χ2v) is 4.60. The molecule has 1 amide bonds. The first kappa shape index (κ1) is 10.6. The van der Waals surface area contributed by atoms with E-state index >= 15 is 0 Å². The molecule has 0 aliphatic carbocycles. The van der Waals surface area contributed by atoms with Crippen molar-refractivity contribution in [3.8, 4) is 5.75 Å². The van der Waals surface area contributed by atoms with Crippen molar-refractivity contribution in [2.75, 3.05) is 13.1 Å². The number of piperidine rings is 1. The quantitative estimate of drug-likeness (QED) is 0.802. The van der Waals surface area contributed by atoms with E-state index in [1.54, 1.807) is 0 Å². The second kappa shape index (κ2) is 4.37. The van der Waals surface area contributed by atoms with E-state index in [0.29, 0.717) is 12.3 Å². The van der Waals surface area contributed by atoms with Crippen LogP contribution in [0, 0.1) is 0 Å². The van der Waals surface area contributed by atoms with Gasteiger partial charge in [-0.3, -0.25) is 4.90 Å². The van der Waals surface area contributed by atoms with Crippen LogP contribution in [-0.2, 0) is 6.54 Å². The van der Waals surface area contributed by atoms with Crippen LogP contribution in [0.25, 0.3) is 0 Å². The molecule has 0 spiro atoms. The Morgan fingerprint density at radius 2 is 2.24 bits per heavy atom. The Hall–Kier alpha value is -1.55. The minimum Gasteiger partial charge on any atom is -0.410 e. The lowest BCUT2D eigenvalue weighted by atomic mass is 10.0. The van der Waals surface area contributed by atoms with E-state index < -0.39 is 0 Å². The summed E-state index contributed by atoms with van der Waals surface area (Å²) in [7, 11) is 0. The van der Waals surface area contributed by atoms with Gasteiger partial charge in [-0.2, -0.15) is 0 Å². The molecule has 0 aromatic heterocycles. The van der Waals surface area contributed by atoms with Crippen LogP contribution in [0.2, 0.25) is 0 Å². The molecule has 1 unspecified atom stereocenters. The molecule has 90 valence electrons. The number of carbonyl (C=O) groups excluding carboxylic acids is 1. The van der Waals surface area contributed by atoms with Crippen LogP contribution in [-0.4, -0.2) is 30.1 Å². The highest BCUT2D eigenvalue weighted by molar-refractivity contribution is 5.73. The Morgan fingerprint density at radius 1 is 1.35 bits per heavy atom. The highest BCUT2D eigenvalue weighted by atomic mass is 16.6. The van der Waals surface area contributed by atoms with E-state index in [0.717, 1.165) is 31.5 Å². The van der Waals surface area contributed by atoms with E-state index in [4.69, 9.17) is 4.74 Å². The first-order valence-electron chi connectivity index (χ1n) is 6.11. The number of nitrogens with one attached hydrogen (secondary N) is 1. The Kier molecular flexibility index (Phi) is 2.73. The summed E-state index contributed by atoms with van der Waals surface area (Å²) in [6.45, 7) is 2.59. The number of ether oxygens (including phenoxy) is 1. The van der Waals surface area contributed by atoms with Crippen molar-refractivity contribution in [1.29, 1.82) is 0 Å². The molecule has 2 aliphatic rings. The molecule has 3 rings (SSSR count). The van der Waals surface area contributed by atoms with Crippen LogP contribution in [0.5, 0.6) is 5.75 Å². The van der Waals surface area contributed by atoms with E-state index in [1.807, 2.05) is 29.2 Å².